The van der Waals surface area contributed by atoms with Gasteiger partial charge in [-0.05, 0) is 85.6 Å². The van der Waals surface area contributed by atoms with E-state index in [0.717, 1.165) is 18.4 Å². The molecule has 8 nitrogen and oxygen atoms in total. The number of amides is 2. The van der Waals surface area contributed by atoms with Crippen LogP contribution in [0.4, 0.5) is 9.59 Å². The molecule has 0 unspecified atom stereocenters. The van der Waals surface area contributed by atoms with E-state index in [0.29, 0.717) is 12.8 Å². The number of alkyl carbamates (subject to hydrolysis) is 1. The minimum atomic E-state index is -1.43. The van der Waals surface area contributed by atoms with Gasteiger partial charge in [0.25, 0.3) is 0 Å². The lowest BCUT2D eigenvalue weighted by atomic mass is 9.79. The SMILES string of the molecule is CC/C(=C\c1ccccc1)[C@@H]1C[C@H]1N(C(=O)OC(C)(C)C)C1CCC(NC(=O)OC(C)(C)C)(C(=O)O)CC1. The number of aliphatic carboxylic acids is 1. The molecule has 0 aliphatic heterocycles. The number of hydrogen-bond acceptors (Lipinski definition) is 5. The summed E-state index contributed by atoms with van der Waals surface area (Å²) in [6.45, 7) is 12.9. The Bertz CT molecular complexity index is 1030. The second kappa shape index (κ2) is 11.4. The van der Waals surface area contributed by atoms with Crippen molar-refractivity contribution in [2.24, 2.45) is 5.92 Å². The number of hydrogen-bond donors (Lipinski definition) is 2. The largest absolute Gasteiger partial charge is 0.480 e. The van der Waals surface area contributed by atoms with Crippen LogP contribution in [0.15, 0.2) is 35.9 Å². The van der Waals surface area contributed by atoms with Crippen LogP contribution in [0.3, 0.4) is 0 Å². The standard InChI is InChI=1S/C30H44N2O6/c1-8-21(18-20-12-10-9-11-13-20)23-19-24(23)32(27(36)38-29(5,6)7)22-14-16-30(17-15-22,25(33)34)31-26(35)37-28(2,3)4/h9-13,18,22-24H,8,14-17,19H2,1-7H3,(H,31,35)(H,33,34)/b21-18+/t22?,23-,24+,30?/m0/s1. The molecular weight excluding hydrogens is 484 g/mol. The number of rotatable bonds is 7. The van der Waals surface area contributed by atoms with Gasteiger partial charge in [0.1, 0.15) is 16.7 Å². The molecule has 2 atom stereocenters. The van der Waals surface area contributed by atoms with E-state index < -0.39 is 28.8 Å². The number of carboxylic acids is 1. The quantitative estimate of drug-likeness (QED) is 0.424. The zero-order valence-corrected chi connectivity index (χ0v) is 23.9. The van der Waals surface area contributed by atoms with Crippen molar-refractivity contribution in [1.82, 2.24) is 10.2 Å². The summed E-state index contributed by atoms with van der Waals surface area (Å²) in [4.78, 5) is 40.1. The fourth-order valence-corrected chi connectivity index (χ4v) is 5.26. The Hall–Kier alpha value is -3.03. The van der Waals surface area contributed by atoms with Gasteiger partial charge in [0, 0.05) is 18.0 Å². The molecule has 3 rings (SSSR count). The van der Waals surface area contributed by atoms with Crippen molar-refractivity contribution in [3.8, 4) is 0 Å². The van der Waals surface area contributed by atoms with Gasteiger partial charge < -0.3 is 24.8 Å². The van der Waals surface area contributed by atoms with Gasteiger partial charge in [-0.1, -0.05) is 48.9 Å². The first-order valence-corrected chi connectivity index (χ1v) is 13.7. The Morgan fingerprint density at radius 1 is 1.03 bits per heavy atom. The zero-order chi connectivity index (χ0) is 28.3. The molecule has 0 spiro atoms. The maximum absolute atomic E-state index is 13.5. The Kier molecular flexibility index (Phi) is 8.84. The summed E-state index contributed by atoms with van der Waals surface area (Å²) in [5, 5.41) is 12.7. The molecule has 8 heteroatoms. The van der Waals surface area contributed by atoms with E-state index in [1.807, 2.05) is 43.9 Å². The van der Waals surface area contributed by atoms with Crippen molar-refractivity contribution in [2.45, 2.75) is 116 Å². The maximum atomic E-state index is 13.5. The molecule has 210 valence electrons. The van der Waals surface area contributed by atoms with Crippen molar-refractivity contribution >= 4 is 24.2 Å². The highest BCUT2D eigenvalue weighted by atomic mass is 16.6. The third-order valence-corrected chi connectivity index (χ3v) is 7.11. The van der Waals surface area contributed by atoms with E-state index in [-0.39, 0.29) is 36.9 Å². The number of nitrogens with one attached hydrogen (secondary N) is 1. The number of benzene rings is 1. The van der Waals surface area contributed by atoms with E-state index in [9.17, 15) is 19.5 Å². The van der Waals surface area contributed by atoms with Crippen LogP contribution in [-0.4, -0.2) is 57.0 Å². The lowest BCUT2D eigenvalue weighted by molar-refractivity contribution is -0.146. The zero-order valence-electron chi connectivity index (χ0n) is 23.9. The maximum Gasteiger partial charge on any atom is 0.410 e. The summed E-state index contributed by atoms with van der Waals surface area (Å²) in [6.07, 6.45) is 4.10. The second-order valence-electron chi connectivity index (χ2n) is 12.5. The molecule has 0 heterocycles. The summed E-state index contributed by atoms with van der Waals surface area (Å²) in [6, 6.07) is 9.98. The van der Waals surface area contributed by atoms with Gasteiger partial charge in [0.15, 0.2) is 0 Å². The van der Waals surface area contributed by atoms with Gasteiger partial charge in [-0.25, -0.2) is 14.4 Å². The van der Waals surface area contributed by atoms with Gasteiger partial charge in [0.2, 0.25) is 0 Å². The van der Waals surface area contributed by atoms with E-state index in [1.165, 1.54) is 5.57 Å². The van der Waals surface area contributed by atoms with E-state index in [1.54, 1.807) is 20.8 Å². The smallest absolute Gasteiger partial charge is 0.410 e. The highest BCUT2D eigenvalue weighted by molar-refractivity contribution is 5.84. The van der Waals surface area contributed by atoms with Crippen LogP contribution in [0.5, 0.6) is 0 Å². The van der Waals surface area contributed by atoms with Crippen LogP contribution >= 0.6 is 0 Å². The van der Waals surface area contributed by atoms with E-state index in [4.69, 9.17) is 9.47 Å². The summed E-state index contributed by atoms with van der Waals surface area (Å²) >= 11 is 0. The van der Waals surface area contributed by atoms with Gasteiger partial charge in [-0.15, -0.1) is 0 Å². The summed E-state index contributed by atoms with van der Waals surface area (Å²) in [5.74, 6) is -0.854. The predicted molar refractivity (Wildman–Crippen MR) is 147 cm³/mol. The first-order valence-electron chi connectivity index (χ1n) is 13.7. The van der Waals surface area contributed by atoms with Crippen LogP contribution in [0.2, 0.25) is 0 Å². The molecule has 2 N–H and O–H groups in total. The lowest BCUT2D eigenvalue weighted by Gasteiger charge is -2.42. The predicted octanol–water partition coefficient (Wildman–Crippen LogP) is 6.40. The molecule has 1 aromatic rings. The molecular formula is C30H44N2O6. The number of carbonyl (C=O) groups excluding carboxylic acids is 2. The van der Waals surface area contributed by atoms with Crippen molar-refractivity contribution in [3.05, 3.63) is 41.5 Å². The van der Waals surface area contributed by atoms with Gasteiger partial charge in [-0.2, -0.15) is 0 Å². The van der Waals surface area contributed by atoms with E-state index in [2.05, 4.69) is 30.4 Å². The Morgan fingerprint density at radius 3 is 2.11 bits per heavy atom. The molecule has 0 saturated heterocycles. The fourth-order valence-electron chi connectivity index (χ4n) is 5.26. The van der Waals surface area contributed by atoms with Crippen molar-refractivity contribution in [2.75, 3.05) is 0 Å². The number of ether oxygens (including phenoxy) is 2. The monoisotopic (exact) mass is 528 g/mol. The molecule has 2 fully saturated rings. The molecule has 0 radical (unpaired) electrons. The second-order valence-corrected chi connectivity index (χ2v) is 12.5. The van der Waals surface area contributed by atoms with Crippen LogP contribution in [-0.2, 0) is 14.3 Å². The van der Waals surface area contributed by atoms with Crippen LogP contribution < -0.4 is 5.32 Å². The Balaban J connectivity index is 1.79. The summed E-state index contributed by atoms with van der Waals surface area (Å²) < 4.78 is 11.1. The molecule has 2 amide bonds. The summed E-state index contributed by atoms with van der Waals surface area (Å²) in [5.41, 5.74) is -0.388. The molecule has 2 aliphatic carbocycles. The Labute approximate surface area is 226 Å². The third kappa shape index (κ3) is 7.74. The minimum absolute atomic E-state index is 0.000838. The first-order chi connectivity index (χ1) is 17.6. The third-order valence-electron chi connectivity index (χ3n) is 7.11. The Morgan fingerprint density at radius 2 is 1.61 bits per heavy atom. The number of carboxylic acid groups (broad SMARTS) is 1. The molecule has 1 aromatic carbocycles. The first kappa shape index (κ1) is 29.5. The average molecular weight is 529 g/mol. The van der Waals surface area contributed by atoms with Crippen molar-refractivity contribution in [3.63, 3.8) is 0 Å². The fraction of sp³-hybridized carbons (Fsp3) is 0.633. The molecule has 2 saturated carbocycles. The highest BCUT2D eigenvalue weighted by Gasteiger charge is 2.52. The van der Waals surface area contributed by atoms with Crippen LogP contribution in [0.25, 0.3) is 6.08 Å². The van der Waals surface area contributed by atoms with E-state index >= 15 is 0 Å². The van der Waals surface area contributed by atoms with Crippen molar-refractivity contribution < 1.29 is 29.0 Å². The minimum Gasteiger partial charge on any atom is -0.480 e. The topological polar surface area (TPSA) is 105 Å². The van der Waals surface area contributed by atoms with Gasteiger partial charge in [0.05, 0.1) is 0 Å². The van der Waals surface area contributed by atoms with Crippen LogP contribution in [0.1, 0.15) is 92.6 Å². The van der Waals surface area contributed by atoms with Gasteiger partial charge >= 0.3 is 18.2 Å². The summed E-state index contributed by atoms with van der Waals surface area (Å²) in [7, 11) is 0. The molecule has 0 bridgehead atoms. The number of nitrogens with zero attached hydrogens (tertiary/aromatic N) is 1. The molecule has 38 heavy (non-hydrogen) atoms. The molecule has 2 aliphatic rings. The van der Waals surface area contributed by atoms with Gasteiger partial charge in [-0.3, -0.25) is 0 Å². The normalized spacial score (nSPS) is 25.8. The van der Waals surface area contributed by atoms with Crippen molar-refractivity contribution in [1.29, 1.82) is 0 Å². The van der Waals surface area contributed by atoms with Crippen LogP contribution in [0, 0.1) is 5.92 Å². The highest BCUT2D eigenvalue weighted by Crippen LogP contribution is 2.47. The number of carbonyl (C=O) groups is 3. The molecule has 0 aromatic heterocycles. The lowest BCUT2D eigenvalue weighted by Crippen LogP contribution is -2.59. The average Bonchev–Trinajstić information content (AvgIpc) is 3.57.